The molecule has 96 valence electrons. The van der Waals surface area contributed by atoms with Gasteiger partial charge < -0.3 is 4.74 Å². The minimum Gasteiger partial charge on any atom is -0.484 e. The van der Waals surface area contributed by atoms with Crippen LogP contribution < -0.4 is 4.74 Å². The maximum Gasteiger partial charge on any atom is 0.422 e. The van der Waals surface area contributed by atoms with Gasteiger partial charge in [0.1, 0.15) is 5.75 Å². The van der Waals surface area contributed by atoms with Crippen molar-refractivity contribution in [1.29, 1.82) is 0 Å². The van der Waals surface area contributed by atoms with Crippen molar-refractivity contribution in [3.05, 3.63) is 28.2 Å². The minimum atomic E-state index is -4.56. The molecule has 0 radical (unpaired) electrons. The van der Waals surface area contributed by atoms with Crippen molar-refractivity contribution in [2.24, 2.45) is 0 Å². The number of rotatable bonds is 3. The van der Waals surface area contributed by atoms with Gasteiger partial charge in [-0.3, -0.25) is 0 Å². The third-order valence-corrected chi connectivity index (χ3v) is 2.30. The molecule has 1 aromatic carbocycles. The highest BCUT2D eigenvalue weighted by molar-refractivity contribution is 9.10. The topological polar surface area (TPSA) is 9.23 Å². The summed E-state index contributed by atoms with van der Waals surface area (Å²) in [5.74, 6) is -3.75. The fourth-order valence-corrected chi connectivity index (χ4v) is 1.49. The highest BCUT2D eigenvalue weighted by Gasteiger charge is 2.32. The van der Waals surface area contributed by atoms with Crippen molar-refractivity contribution in [3.63, 3.8) is 0 Å². The molecule has 0 spiro atoms. The van der Waals surface area contributed by atoms with E-state index in [0.29, 0.717) is 11.4 Å². The lowest BCUT2D eigenvalue weighted by Gasteiger charge is -2.17. The molecule has 0 aromatic heterocycles. The quantitative estimate of drug-likeness (QED) is 0.745. The van der Waals surface area contributed by atoms with Gasteiger partial charge in [0, 0.05) is 11.4 Å². The normalized spacial score (nSPS) is 12.6. The summed E-state index contributed by atoms with van der Waals surface area (Å²) >= 11 is 2.97. The number of alkyl halides is 5. The Morgan fingerprint density at radius 3 is 2.24 bits per heavy atom. The van der Waals surface area contributed by atoms with Gasteiger partial charge in [0.2, 0.25) is 0 Å². The Morgan fingerprint density at radius 1 is 1.18 bits per heavy atom. The van der Waals surface area contributed by atoms with Crippen LogP contribution in [0.1, 0.15) is 12.5 Å². The summed E-state index contributed by atoms with van der Waals surface area (Å²) in [6.45, 7) is -1.01. The Bertz CT molecular complexity index is 397. The summed E-state index contributed by atoms with van der Waals surface area (Å²) in [5.41, 5.74) is -0.587. The third kappa shape index (κ3) is 4.49. The summed E-state index contributed by atoms with van der Waals surface area (Å²) in [6, 6.07) is 3.44. The van der Waals surface area contributed by atoms with E-state index in [9.17, 15) is 22.0 Å². The minimum absolute atomic E-state index is 0.341. The maximum absolute atomic E-state index is 13.1. The molecule has 0 bridgehead atoms. The van der Waals surface area contributed by atoms with E-state index in [2.05, 4.69) is 20.7 Å². The molecule has 0 amide bonds. The van der Waals surface area contributed by atoms with Crippen LogP contribution in [0.4, 0.5) is 22.0 Å². The average Bonchev–Trinajstić information content (AvgIpc) is 2.13. The molecule has 0 N–H and O–H groups in total. The molecule has 1 nitrogen and oxygen atoms in total. The van der Waals surface area contributed by atoms with E-state index in [1.54, 1.807) is 0 Å². The first kappa shape index (κ1) is 14.2. The monoisotopic (exact) mass is 318 g/mol. The number of ether oxygens (including phenoxy) is 1. The molecule has 0 unspecified atom stereocenters. The van der Waals surface area contributed by atoms with Crippen LogP contribution in [-0.4, -0.2) is 12.8 Å². The van der Waals surface area contributed by atoms with Gasteiger partial charge in [-0.15, -0.1) is 0 Å². The van der Waals surface area contributed by atoms with Gasteiger partial charge >= 0.3 is 6.18 Å². The molecule has 1 aromatic rings. The second kappa shape index (κ2) is 4.80. The number of hydrogen-bond acceptors (Lipinski definition) is 1. The van der Waals surface area contributed by atoms with E-state index >= 15 is 0 Å². The van der Waals surface area contributed by atoms with Gasteiger partial charge in [-0.1, -0.05) is 15.9 Å². The second-order valence-corrected chi connectivity index (χ2v) is 4.35. The smallest absolute Gasteiger partial charge is 0.422 e. The predicted octanol–water partition coefficient (Wildman–Crippen LogP) is 4.50. The molecule has 17 heavy (non-hydrogen) atoms. The van der Waals surface area contributed by atoms with Crippen molar-refractivity contribution in [2.75, 3.05) is 6.61 Å². The van der Waals surface area contributed by atoms with Crippen LogP contribution in [0, 0.1) is 0 Å². The summed E-state index contributed by atoms with van der Waals surface area (Å²) in [5, 5.41) is 0. The lowest BCUT2D eigenvalue weighted by atomic mass is 10.1. The van der Waals surface area contributed by atoms with Crippen molar-refractivity contribution < 1.29 is 26.7 Å². The van der Waals surface area contributed by atoms with Crippen LogP contribution in [0.3, 0.4) is 0 Å². The van der Waals surface area contributed by atoms with E-state index in [1.165, 1.54) is 6.07 Å². The largest absolute Gasteiger partial charge is 0.484 e. The highest BCUT2D eigenvalue weighted by atomic mass is 79.9. The van der Waals surface area contributed by atoms with Crippen molar-refractivity contribution >= 4 is 15.9 Å². The van der Waals surface area contributed by atoms with E-state index in [1.807, 2.05) is 0 Å². The SMILES string of the molecule is CC(F)(F)c1cc(Br)ccc1OCC(F)(F)F. The predicted molar refractivity (Wildman–Crippen MR) is 55.3 cm³/mol. The van der Waals surface area contributed by atoms with Crippen LogP contribution in [0.5, 0.6) is 5.75 Å². The summed E-state index contributed by atoms with van der Waals surface area (Å²) in [4.78, 5) is 0. The summed E-state index contributed by atoms with van der Waals surface area (Å²) in [7, 11) is 0. The van der Waals surface area contributed by atoms with Gasteiger partial charge in [-0.2, -0.15) is 13.2 Å². The lowest BCUT2D eigenvalue weighted by molar-refractivity contribution is -0.154. The first-order valence-electron chi connectivity index (χ1n) is 4.47. The van der Waals surface area contributed by atoms with E-state index in [0.717, 1.165) is 12.1 Å². The molecule has 0 aliphatic carbocycles. The van der Waals surface area contributed by atoms with Gasteiger partial charge in [0.25, 0.3) is 5.92 Å². The third-order valence-electron chi connectivity index (χ3n) is 1.81. The molecular weight excluding hydrogens is 311 g/mol. The average molecular weight is 319 g/mol. The first-order chi connectivity index (χ1) is 7.59. The Kier molecular flexibility index (Phi) is 4.01. The first-order valence-corrected chi connectivity index (χ1v) is 5.26. The molecule has 0 aliphatic rings. The zero-order valence-corrected chi connectivity index (χ0v) is 10.2. The molecule has 0 aliphatic heterocycles. The Balaban J connectivity index is 2.99. The lowest BCUT2D eigenvalue weighted by Crippen LogP contribution is -2.21. The molecule has 0 atom stereocenters. The van der Waals surface area contributed by atoms with Crippen molar-refractivity contribution in [2.45, 2.75) is 19.0 Å². The van der Waals surface area contributed by atoms with Crippen LogP contribution in [-0.2, 0) is 5.92 Å². The van der Waals surface area contributed by atoms with E-state index in [4.69, 9.17) is 0 Å². The molecule has 0 heterocycles. The number of halogens is 6. The fourth-order valence-electron chi connectivity index (χ4n) is 1.13. The van der Waals surface area contributed by atoms with Gasteiger partial charge in [-0.25, -0.2) is 8.78 Å². The summed E-state index contributed by atoms with van der Waals surface area (Å²) in [6.07, 6.45) is -4.56. The molecule has 0 fully saturated rings. The number of hydrogen-bond donors (Lipinski definition) is 0. The molecule has 7 heteroatoms. The standard InChI is InChI=1S/C10H8BrF5O/c1-9(12,13)7-4-6(11)2-3-8(7)17-5-10(14,15)16/h2-4H,5H2,1H3. The van der Waals surface area contributed by atoms with Gasteiger partial charge in [0.05, 0.1) is 5.56 Å². The van der Waals surface area contributed by atoms with Gasteiger partial charge in [-0.05, 0) is 18.2 Å². The van der Waals surface area contributed by atoms with Crippen molar-refractivity contribution in [1.82, 2.24) is 0 Å². The van der Waals surface area contributed by atoms with E-state index < -0.39 is 30.0 Å². The highest BCUT2D eigenvalue weighted by Crippen LogP contribution is 2.36. The van der Waals surface area contributed by atoms with Crippen LogP contribution >= 0.6 is 15.9 Å². The Morgan fingerprint density at radius 2 is 1.76 bits per heavy atom. The zero-order chi connectivity index (χ0) is 13.3. The molecule has 0 saturated carbocycles. The second-order valence-electron chi connectivity index (χ2n) is 3.43. The molecule has 0 saturated heterocycles. The molecule has 1 rings (SSSR count). The van der Waals surface area contributed by atoms with Crippen LogP contribution in [0.15, 0.2) is 22.7 Å². The van der Waals surface area contributed by atoms with Crippen molar-refractivity contribution in [3.8, 4) is 5.75 Å². The number of benzene rings is 1. The molecular formula is C10H8BrF5O. The zero-order valence-electron chi connectivity index (χ0n) is 8.62. The Labute approximate surface area is 103 Å². The van der Waals surface area contributed by atoms with E-state index in [-0.39, 0.29) is 0 Å². The maximum atomic E-state index is 13.1. The Hall–Kier alpha value is -0.850. The van der Waals surface area contributed by atoms with Gasteiger partial charge in [0.15, 0.2) is 6.61 Å². The fraction of sp³-hybridized carbons (Fsp3) is 0.400. The summed E-state index contributed by atoms with van der Waals surface area (Å²) < 4.78 is 66.7. The van der Waals surface area contributed by atoms with Crippen LogP contribution in [0.25, 0.3) is 0 Å². The van der Waals surface area contributed by atoms with Crippen LogP contribution in [0.2, 0.25) is 0 Å².